The molecule has 0 radical (unpaired) electrons. The topological polar surface area (TPSA) is 62.3 Å². The molecule has 1 fully saturated rings. The Kier molecular flexibility index (Phi) is 4.06. The molecule has 5 nitrogen and oxygen atoms in total. The van der Waals surface area contributed by atoms with Gasteiger partial charge in [-0.1, -0.05) is 6.92 Å². The maximum atomic E-state index is 12.8. The molecule has 2 amide bonds. The zero-order valence-corrected chi connectivity index (χ0v) is 12.2. The highest BCUT2D eigenvalue weighted by Gasteiger charge is 2.40. The Morgan fingerprint density at radius 3 is 2.65 bits per heavy atom. The Morgan fingerprint density at radius 2 is 2.05 bits per heavy atom. The first-order chi connectivity index (χ1) is 9.48. The second kappa shape index (κ2) is 5.61. The number of nitrogens with one attached hydrogen (secondary N) is 1. The van der Waals surface area contributed by atoms with Gasteiger partial charge in [-0.3, -0.25) is 14.6 Å². The summed E-state index contributed by atoms with van der Waals surface area (Å²) in [5, 5.41) is 2.85. The van der Waals surface area contributed by atoms with Crippen LogP contribution < -0.4 is 5.32 Å². The van der Waals surface area contributed by atoms with Crippen molar-refractivity contribution in [1.29, 1.82) is 0 Å². The molecular weight excluding hydrogens is 254 g/mol. The summed E-state index contributed by atoms with van der Waals surface area (Å²) in [4.78, 5) is 30.3. The molecule has 1 N–H and O–H groups in total. The minimum atomic E-state index is -0.811. The number of hydrogen-bond acceptors (Lipinski definition) is 3. The first-order valence-electron chi connectivity index (χ1n) is 7.00. The molecule has 2 unspecified atom stereocenters. The van der Waals surface area contributed by atoms with Crippen LogP contribution in [-0.4, -0.2) is 33.8 Å². The van der Waals surface area contributed by atoms with Gasteiger partial charge in [-0.05, 0) is 38.0 Å². The van der Waals surface area contributed by atoms with Gasteiger partial charge in [0.1, 0.15) is 5.54 Å². The molecule has 108 valence electrons. The van der Waals surface area contributed by atoms with E-state index in [0.717, 1.165) is 5.56 Å². The third-order valence-electron chi connectivity index (χ3n) is 4.09. The predicted molar refractivity (Wildman–Crippen MR) is 75.8 cm³/mol. The van der Waals surface area contributed by atoms with E-state index in [1.54, 1.807) is 24.2 Å². The van der Waals surface area contributed by atoms with Gasteiger partial charge < -0.3 is 10.2 Å². The number of carbonyl (C=O) groups is 2. The van der Waals surface area contributed by atoms with Crippen LogP contribution in [0.4, 0.5) is 0 Å². The molecular formula is C15H21N3O2. The van der Waals surface area contributed by atoms with Crippen molar-refractivity contribution in [3.8, 4) is 0 Å². The summed E-state index contributed by atoms with van der Waals surface area (Å²) in [6.07, 6.45) is 4.36. The van der Waals surface area contributed by atoms with Crippen LogP contribution in [0.25, 0.3) is 0 Å². The minimum absolute atomic E-state index is 0.0184. The first-order valence-corrected chi connectivity index (χ1v) is 7.00. The lowest BCUT2D eigenvalue weighted by molar-refractivity contribution is -0.140. The van der Waals surface area contributed by atoms with Crippen molar-refractivity contribution in [1.82, 2.24) is 15.2 Å². The molecule has 1 aromatic heterocycles. The zero-order valence-electron chi connectivity index (χ0n) is 12.2. The smallest absolute Gasteiger partial charge is 0.248 e. The molecule has 0 spiro atoms. The van der Waals surface area contributed by atoms with Gasteiger partial charge in [0.15, 0.2) is 0 Å². The molecule has 1 aliphatic heterocycles. The highest BCUT2D eigenvalue weighted by molar-refractivity contribution is 5.93. The molecule has 20 heavy (non-hydrogen) atoms. The van der Waals surface area contributed by atoms with Gasteiger partial charge in [0.2, 0.25) is 11.8 Å². The molecule has 0 saturated carbocycles. The SMILES string of the molecule is CCC1(C)NC(=O)CCN(C(C)c2ccncc2)C1=O. The summed E-state index contributed by atoms with van der Waals surface area (Å²) in [7, 11) is 0. The number of rotatable bonds is 3. The monoisotopic (exact) mass is 275 g/mol. The van der Waals surface area contributed by atoms with Crippen LogP contribution in [0.3, 0.4) is 0 Å². The summed E-state index contributed by atoms with van der Waals surface area (Å²) in [6.45, 7) is 6.15. The molecule has 2 heterocycles. The zero-order chi connectivity index (χ0) is 14.8. The van der Waals surface area contributed by atoms with E-state index in [-0.39, 0.29) is 17.9 Å². The highest BCUT2D eigenvalue weighted by atomic mass is 16.2. The Labute approximate surface area is 119 Å². The summed E-state index contributed by atoms with van der Waals surface area (Å²) < 4.78 is 0. The van der Waals surface area contributed by atoms with E-state index in [2.05, 4.69) is 10.3 Å². The molecule has 0 bridgehead atoms. The van der Waals surface area contributed by atoms with Crippen molar-refractivity contribution in [2.24, 2.45) is 0 Å². The van der Waals surface area contributed by atoms with Crippen LogP contribution in [0.2, 0.25) is 0 Å². The highest BCUT2D eigenvalue weighted by Crippen LogP contribution is 2.26. The Bertz CT molecular complexity index is 503. The lowest BCUT2D eigenvalue weighted by Gasteiger charge is -2.35. The number of carbonyl (C=O) groups excluding carboxylic acids is 2. The summed E-state index contributed by atoms with van der Waals surface area (Å²) >= 11 is 0. The van der Waals surface area contributed by atoms with Gasteiger partial charge in [0.25, 0.3) is 0 Å². The van der Waals surface area contributed by atoms with E-state index in [1.807, 2.05) is 26.0 Å². The van der Waals surface area contributed by atoms with Crippen molar-refractivity contribution < 1.29 is 9.59 Å². The predicted octanol–water partition coefficient (Wildman–Crippen LogP) is 1.66. The van der Waals surface area contributed by atoms with Crippen LogP contribution in [0, 0.1) is 0 Å². The fourth-order valence-corrected chi connectivity index (χ4v) is 2.50. The number of hydrogen-bond donors (Lipinski definition) is 1. The minimum Gasteiger partial charge on any atom is -0.342 e. The van der Waals surface area contributed by atoms with Crippen LogP contribution in [0.1, 0.15) is 45.2 Å². The van der Waals surface area contributed by atoms with Crippen molar-refractivity contribution in [3.63, 3.8) is 0 Å². The number of pyridine rings is 1. The van der Waals surface area contributed by atoms with Gasteiger partial charge in [0.05, 0.1) is 6.04 Å². The van der Waals surface area contributed by atoms with E-state index in [9.17, 15) is 9.59 Å². The third kappa shape index (κ3) is 2.66. The number of amides is 2. The molecule has 1 saturated heterocycles. The van der Waals surface area contributed by atoms with Crippen molar-refractivity contribution in [2.45, 2.75) is 45.2 Å². The summed E-state index contributed by atoms with van der Waals surface area (Å²) in [5.41, 5.74) is 0.218. The fraction of sp³-hybridized carbons (Fsp3) is 0.533. The van der Waals surface area contributed by atoms with Crippen molar-refractivity contribution in [2.75, 3.05) is 6.54 Å². The number of nitrogens with zero attached hydrogens (tertiary/aromatic N) is 2. The van der Waals surface area contributed by atoms with E-state index >= 15 is 0 Å². The molecule has 0 aliphatic carbocycles. The molecule has 2 rings (SSSR count). The van der Waals surface area contributed by atoms with Gasteiger partial charge in [0, 0.05) is 25.4 Å². The summed E-state index contributed by atoms with van der Waals surface area (Å²) in [6, 6.07) is 3.74. The molecule has 1 aliphatic rings. The van der Waals surface area contributed by atoms with E-state index in [4.69, 9.17) is 0 Å². The van der Waals surface area contributed by atoms with Crippen LogP contribution in [0.15, 0.2) is 24.5 Å². The van der Waals surface area contributed by atoms with E-state index < -0.39 is 5.54 Å². The normalized spacial score (nSPS) is 25.1. The molecule has 0 aromatic carbocycles. The lowest BCUT2D eigenvalue weighted by Crippen LogP contribution is -2.55. The Balaban J connectivity index is 2.30. The van der Waals surface area contributed by atoms with Crippen LogP contribution in [-0.2, 0) is 9.59 Å². The second-order valence-corrected chi connectivity index (χ2v) is 5.44. The largest absolute Gasteiger partial charge is 0.342 e. The first kappa shape index (κ1) is 14.5. The van der Waals surface area contributed by atoms with Gasteiger partial charge in [-0.15, -0.1) is 0 Å². The van der Waals surface area contributed by atoms with Crippen molar-refractivity contribution in [3.05, 3.63) is 30.1 Å². The second-order valence-electron chi connectivity index (χ2n) is 5.44. The van der Waals surface area contributed by atoms with Crippen LogP contribution in [0.5, 0.6) is 0 Å². The van der Waals surface area contributed by atoms with Crippen molar-refractivity contribution >= 4 is 11.8 Å². The van der Waals surface area contributed by atoms with Gasteiger partial charge >= 0.3 is 0 Å². The van der Waals surface area contributed by atoms with E-state index in [1.165, 1.54) is 0 Å². The quantitative estimate of drug-likeness (QED) is 0.912. The number of aromatic nitrogens is 1. The molecule has 5 heteroatoms. The Morgan fingerprint density at radius 1 is 1.40 bits per heavy atom. The maximum absolute atomic E-state index is 12.8. The van der Waals surface area contributed by atoms with E-state index in [0.29, 0.717) is 19.4 Å². The van der Waals surface area contributed by atoms with Gasteiger partial charge in [-0.2, -0.15) is 0 Å². The fourth-order valence-electron chi connectivity index (χ4n) is 2.50. The standard InChI is InChI=1S/C15H21N3O2/c1-4-15(3)14(20)18(10-7-13(19)17-15)11(2)12-5-8-16-9-6-12/h5-6,8-9,11H,4,7,10H2,1-3H3,(H,17,19). The van der Waals surface area contributed by atoms with Gasteiger partial charge in [-0.25, -0.2) is 0 Å². The van der Waals surface area contributed by atoms with Crippen LogP contribution >= 0.6 is 0 Å². The lowest BCUT2D eigenvalue weighted by atomic mass is 9.96. The summed E-state index contributed by atoms with van der Waals surface area (Å²) in [5.74, 6) is -0.0812. The molecule has 2 atom stereocenters. The maximum Gasteiger partial charge on any atom is 0.248 e. The molecule has 1 aromatic rings. The average molecular weight is 275 g/mol. The average Bonchev–Trinajstić information content (AvgIpc) is 2.57. The Hall–Kier alpha value is -1.91. The third-order valence-corrected chi connectivity index (χ3v) is 4.09.